The summed E-state index contributed by atoms with van der Waals surface area (Å²) in [5.41, 5.74) is 1.34. The molecule has 1 aromatic heterocycles. The van der Waals surface area contributed by atoms with E-state index < -0.39 is 0 Å². The Morgan fingerprint density at radius 1 is 1.29 bits per heavy atom. The standard InChI is InChI=1S/C16H21NO2S.H2O/c18-15-3-6-17(12-15)7-9-19-8-4-13-1-2-14-5-10-20-16(14)11-13;/h1-2,5,10-11,15,18H,3-4,6-9,12H2;1H2/t15-;/m1./s1. The molecule has 1 aliphatic rings. The maximum atomic E-state index is 9.44. The summed E-state index contributed by atoms with van der Waals surface area (Å²) in [5.74, 6) is 0. The van der Waals surface area contributed by atoms with Gasteiger partial charge in [0.05, 0.1) is 19.3 Å². The van der Waals surface area contributed by atoms with E-state index in [1.54, 1.807) is 11.3 Å². The van der Waals surface area contributed by atoms with Gasteiger partial charge in [0.25, 0.3) is 0 Å². The van der Waals surface area contributed by atoms with Gasteiger partial charge in [-0.2, -0.15) is 0 Å². The highest BCUT2D eigenvalue weighted by molar-refractivity contribution is 7.17. The average molecular weight is 309 g/mol. The van der Waals surface area contributed by atoms with Gasteiger partial charge in [0, 0.05) is 24.3 Å². The topological polar surface area (TPSA) is 64.2 Å². The molecule has 0 radical (unpaired) electrons. The minimum absolute atomic E-state index is 0. The van der Waals surface area contributed by atoms with Crippen LogP contribution in [0.1, 0.15) is 12.0 Å². The third-order valence-corrected chi connectivity index (χ3v) is 4.73. The van der Waals surface area contributed by atoms with Crippen molar-refractivity contribution in [3.63, 3.8) is 0 Å². The Kier molecular flexibility index (Phi) is 6.14. The van der Waals surface area contributed by atoms with Crippen LogP contribution in [0.15, 0.2) is 29.6 Å². The van der Waals surface area contributed by atoms with E-state index in [-0.39, 0.29) is 11.6 Å². The lowest BCUT2D eigenvalue weighted by Gasteiger charge is -2.14. The highest BCUT2D eigenvalue weighted by Gasteiger charge is 2.19. The lowest BCUT2D eigenvalue weighted by atomic mass is 10.1. The molecule has 0 aliphatic carbocycles. The number of hydrogen-bond donors (Lipinski definition) is 1. The predicted molar refractivity (Wildman–Crippen MR) is 87.0 cm³/mol. The number of ether oxygens (including phenoxy) is 1. The zero-order valence-electron chi connectivity index (χ0n) is 12.1. The van der Waals surface area contributed by atoms with Gasteiger partial charge < -0.3 is 15.3 Å². The summed E-state index contributed by atoms with van der Waals surface area (Å²) in [6.45, 7) is 4.26. The van der Waals surface area contributed by atoms with Crippen LogP contribution in [0.4, 0.5) is 0 Å². The van der Waals surface area contributed by atoms with E-state index in [4.69, 9.17) is 4.74 Å². The number of β-amino-alcohol motifs (C(OH)–C–C–N with tert-alkyl or cyclic N) is 1. The van der Waals surface area contributed by atoms with Gasteiger partial charge in [-0.1, -0.05) is 12.1 Å². The Morgan fingerprint density at radius 2 is 2.19 bits per heavy atom. The first-order valence-corrected chi connectivity index (χ1v) is 8.13. The van der Waals surface area contributed by atoms with Crippen molar-refractivity contribution in [2.75, 3.05) is 32.8 Å². The maximum absolute atomic E-state index is 9.44. The molecule has 5 heteroatoms. The maximum Gasteiger partial charge on any atom is 0.0679 e. The molecule has 0 amide bonds. The first kappa shape index (κ1) is 16.4. The van der Waals surface area contributed by atoms with Gasteiger partial charge >= 0.3 is 0 Å². The van der Waals surface area contributed by atoms with Crippen molar-refractivity contribution in [3.8, 4) is 0 Å². The van der Waals surface area contributed by atoms with Gasteiger partial charge in [-0.15, -0.1) is 11.3 Å². The zero-order valence-corrected chi connectivity index (χ0v) is 12.9. The number of aliphatic hydroxyl groups excluding tert-OH is 1. The molecule has 116 valence electrons. The van der Waals surface area contributed by atoms with Crippen LogP contribution < -0.4 is 0 Å². The van der Waals surface area contributed by atoms with Crippen LogP contribution in [0.25, 0.3) is 10.1 Å². The second-order valence-corrected chi connectivity index (χ2v) is 6.35. The molecule has 3 rings (SSSR count). The molecule has 1 atom stereocenters. The molecule has 2 aromatic rings. The Hall–Kier alpha value is -0.980. The van der Waals surface area contributed by atoms with Crippen molar-refractivity contribution < 1.29 is 15.3 Å². The van der Waals surface area contributed by atoms with Crippen molar-refractivity contribution >= 4 is 21.4 Å². The highest BCUT2D eigenvalue weighted by Crippen LogP contribution is 2.22. The van der Waals surface area contributed by atoms with Gasteiger partial charge in [0.2, 0.25) is 0 Å². The molecule has 21 heavy (non-hydrogen) atoms. The summed E-state index contributed by atoms with van der Waals surface area (Å²) in [7, 11) is 0. The second kappa shape index (κ2) is 7.87. The Morgan fingerprint density at radius 3 is 3.00 bits per heavy atom. The Balaban J connectivity index is 0.00000161. The Labute approximate surface area is 129 Å². The fraction of sp³-hybridized carbons (Fsp3) is 0.500. The molecular formula is C16H23NO3S. The molecule has 0 bridgehead atoms. The molecule has 0 spiro atoms. The molecule has 1 saturated heterocycles. The summed E-state index contributed by atoms with van der Waals surface area (Å²) in [5, 5.41) is 12.9. The largest absolute Gasteiger partial charge is 0.412 e. The number of thiophene rings is 1. The lowest BCUT2D eigenvalue weighted by molar-refractivity contribution is 0.106. The van der Waals surface area contributed by atoms with Gasteiger partial charge in [-0.3, -0.25) is 4.90 Å². The summed E-state index contributed by atoms with van der Waals surface area (Å²) in [6, 6.07) is 8.80. The number of hydrogen-bond acceptors (Lipinski definition) is 4. The van der Waals surface area contributed by atoms with Crippen LogP contribution in [-0.2, 0) is 11.2 Å². The molecule has 1 aromatic carbocycles. The van der Waals surface area contributed by atoms with Crippen molar-refractivity contribution in [1.82, 2.24) is 4.90 Å². The molecule has 1 aliphatic heterocycles. The number of rotatable bonds is 6. The van der Waals surface area contributed by atoms with E-state index >= 15 is 0 Å². The van der Waals surface area contributed by atoms with Crippen LogP contribution in [-0.4, -0.2) is 54.4 Å². The normalized spacial score (nSPS) is 19.0. The van der Waals surface area contributed by atoms with E-state index in [9.17, 15) is 5.11 Å². The summed E-state index contributed by atoms with van der Waals surface area (Å²) in [4.78, 5) is 2.27. The summed E-state index contributed by atoms with van der Waals surface area (Å²) < 4.78 is 7.06. The smallest absolute Gasteiger partial charge is 0.0679 e. The van der Waals surface area contributed by atoms with Crippen LogP contribution in [0.3, 0.4) is 0 Å². The van der Waals surface area contributed by atoms with E-state index in [1.807, 2.05) is 0 Å². The van der Waals surface area contributed by atoms with Crippen molar-refractivity contribution in [1.29, 1.82) is 0 Å². The molecule has 0 saturated carbocycles. The van der Waals surface area contributed by atoms with Crippen LogP contribution in [0, 0.1) is 0 Å². The molecule has 4 nitrogen and oxygen atoms in total. The van der Waals surface area contributed by atoms with Gasteiger partial charge in [-0.05, 0) is 41.3 Å². The number of benzene rings is 1. The van der Waals surface area contributed by atoms with E-state index in [2.05, 4.69) is 34.5 Å². The van der Waals surface area contributed by atoms with Crippen LogP contribution >= 0.6 is 11.3 Å². The fourth-order valence-electron chi connectivity index (χ4n) is 2.66. The van der Waals surface area contributed by atoms with Gasteiger partial charge in [-0.25, -0.2) is 0 Å². The van der Waals surface area contributed by atoms with E-state index in [1.165, 1.54) is 15.6 Å². The van der Waals surface area contributed by atoms with Gasteiger partial charge in [0.15, 0.2) is 0 Å². The monoisotopic (exact) mass is 309 g/mol. The minimum atomic E-state index is -0.132. The number of aliphatic hydroxyl groups is 1. The second-order valence-electron chi connectivity index (χ2n) is 5.40. The number of fused-ring (bicyclic) bond motifs is 1. The SMILES string of the molecule is O.O[C@@H]1CCN(CCOCCc2ccc3ccsc3c2)C1. The minimum Gasteiger partial charge on any atom is -0.412 e. The average Bonchev–Trinajstić information content (AvgIpc) is 3.06. The predicted octanol–water partition coefficient (Wildman–Crippen LogP) is 1.70. The van der Waals surface area contributed by atoms with Crippen molar-refractivity contribution in [2.24, 2.45) is 0 Å². The first-order valence-electron chi connectivity index (χ1n) is 7.25. The third kappa shape index (κ3) is 4.49. The third-order valence-electron chi connectivity index (χ3n) is 3.86. The number of likely N-dealkylation sites (tertiary alicyclic amines) is 1. The van der Waals surface area contributed by atoms with E-state index in [0.717, 1.165) is 45.7 Å². The molecule has 3 N–H and O–H groups in total. The zero-order chi connectivity index (χ0) is 13.8. The molecule has 0 unspecified atom stereocenters. The van der Waals surface area contributed by atoms with Gasteiger partial charge in [0.1, 0.15) is 0 Å². The summed E-state index contributed by atoms with van der Waals surface area (Å²) >= 11 is 1.79. The first-order chi connectivity index (χ1) is 9.81. The molecule has 1 fully saturated rings. The van der Waals surface area contributed by atoms with Crippen LogP contribution in [0.5, 0.6) is 0 Å². The quantitative estimate of drug-likeness (QED) is 0.826. The fourth-order valence-corrected chi connectivity index (χ4v) is 3.51. The molecular weight excluding hydrogens is 286 g/mol. The van der Waals surface area contributed by atoms with E-state index in [0.29, 0.717) is 0 Å². The van der Waals surface area contributed by atoms with Crippen molar-refractivity contribution in [2.45, 2.75) is 18.9 Å². The highest BCUT2D eigenvalue weighted by atomic mass is 32.1. The molecule has 2 heterocycles. The Bertz CT molecular complexity index is 557. The summed E-state index contributed by atoms with van der Waals surface area (Å²) in [6.07, 6.45) is 1.74. The number of nitrogens with zero attached hydrogens (tertiary/aromatic N) is 1. The van der Waals surface area contributed by atoms with Crippen LogP contribution in [0.2, 0.25) is 0 Å². The van der Waals surface area contributed by atoms with Crippen molar-refractivity contribution in [3.05, 3.63) is 35.2 Å². The lowest BCUT2D eigenvalue weighted by Crippen LogP contribution is -2.26.